The Bertz CT molecular complexity index is 723. The lowest BCUT2D eigenvalue weighted by Crippen LogP contribution is -2.32. The lowest BCUT2D eigenvalue weighted by molar-refractivity contribution is 0.0758. The van der Waals surface area contributed by atoms with Crippen molar-refractivity contribution in [3.63, 3.8) is 0 Å². The van der Waals surface area contributed by atoms with Gasteiger partial charge in [-0.25, -0.2) is 13.1 Å². The Morgan fingerprint density at radius 1 is 1.19 bits per heavy atom. The van der Waals surface area contributed by atoms with E-state index in [4.69, 9.17) is 0 Å². The van der Waals surface area contributed by atoms with Crippen LogP contribution in [0.5, 0.6) is 0 Å². The zero-order valence-corrected chi connectivity index (χ0v) is 16.3. The van der Waals surface area contributed by atoms with Gasteiger partial charge in [0.2, 0.25) is 10.0 Å². The predicted octanol–water partition coefficient (Wildman–Crippen LogP) is 1.64. The van der Waals surface area contributed by atoms with Gasteiger partial charge in [-0.05, 0) is 62.0 Å². The first kappa shape index (κ1) is 20.9. The number of nitrogens with zero attached hydrogens (tertiary/aromatic N) is 1. The summed E-state index contributed by atoms with van der Waals surface area (Å²) in [7, 11) is -3.56. The van der Waals surface area contributed by atoms with E-state index in [0.717, 1.165) is 39.0 Å². The van der Waals surface area contributed by atoms with E-state index in [0.29, 0.717) is 17.4 Å². The molecule has 0 aliphatic carbocycles. The van der Waals surface area contributed by atoms with Crippen molar-refractivity contribution in [3.05, 3.63) is 42.5 Å². The first-order chi connectivity index (χ1) is 12.0. The maximum atomic E-state index is 12.7. The molecule has 26 heavy (non-hydrogen) atoms. The van der Waals surface area contributed by atoms with Crippen molar-refractivity contribution in [2.45, 2.75) is 17.7 Å². The fraction of sp³-hybridized carbons (Fsp3) is 0.500. The second kappa shape index (κ2) is 8.99. The maximum Gasteiger partial charge on any atom is 0.253 e. The minimum absolute atomic E-state index is 0. The molecule has 1 amide bonds. The van der Waals surface area contributed by atoms with E-state index in [1.165, 1.54) is 18.2 Å². The van der Waals surface area contributed by atoms with Gasteiger partial charge in [0.15, 0.2) is 0 Å². The van der Waals surface area contributed by atoms with Crippen LogP contribution in [0.2, 0.25) is 0 Å². The Morgan fingerprint density at radius 2 is 1.77 bits per heavy atom. The molecule has 0 spiro atoms. The highest BCUT2D eigenvalue weighted by Crippen LogP contribution is 2.27. The van der Waals surface area contributed by atoms with E-state index in [1.54, 1.807) is 12.1 Å². The average Bonchev–Trinajstić information content (AvgIpc) is 2.98. The van der Waals surface area contributed by atoms with Crippen LogP contribution in [-0.4, -0.2) is 51.9 Å². The third-order valence-electron chi connectivity index (χ3n) is 5.14. The van der Waals surface area contributed by atoms with Crippen LogP contribution in [0.4, 0.5) is 0 Å². The van der Waals surface area contributed by atoms with Gasteiger partial charge >= 0.3 is 0 Å². The highest BCUT2D eigenvalue weighted by atomic mass is 35.5. The number of amides is 1. The molecule has 1 aromatic rings. The summed E-state index contributed by atoms with van der Waals surface area (Å²) in [5, 5.41) is 3.43. The van der Waals surface area contributed by atoms with E-state index in [2.05, 4.69) is 16.6 Å². The molecule has 0 aromatic heterocycles. The Kier molecular flexibility index (Phi) is 7.23. The minimum atomic E-state index is -3.56. The number of carbonyl (C=O) groups excluding carboxylic acids is 1. The van der Waals surface area contributed by atoms with Gasteiger partial charge in [-0.15, -0.1) is 19.0 Å². The number of rotatable bonds is 5. The molecule has 8 heteroatoms. The van der Waals surface area contributed by atoms with Crippen LogP contribution in [0.15, 0.2) is 41.8 Å². The van der Waals surface area contributed by atoms with Crippen LogP contribution in [-0.2, 0) is 10.0 Å². The van der Waals surface area contributed by atoms with Gasteiger partial charge in [-0.3, -0.25) is 4.79 Å². The molecule has 0 radical (unpaired) electrons. The summed E-state index contributed by atoms with van der Waals surface area (Å²) >= 11 is 0. The third kappa shape index (κ3) is 4.65. The molecule has 2 aliphatic rings. The Morgan fingerprint density at radius 3 is 2.31 bits per heavy atom. The summed E-state index contributed by atoms with van der Waals surface area (Å²) in [5.74, 6) is 1.32. The summed E-state index contributed by atoms with van der Waals surface area (Å²) < 4.78 is 26.6. The van der Waals surface area contributed by atoms with Crippen molar-refractivity contribution >= 4 is 28.3 Å². The fourth-order valence-corrected chi connectivity index (χ4v) is 4.63. The summed E-state index contributed by atoms with van der Waals surface area (Å²) in [5.41, 5.74) is 0.535. The summed E-state index contributed by atoms with van der Waals surface area (Å²) in [4.78, 5) is 14.8. The summed E-state index contributed by atoms with van der Waals surface area (Å²) in [6, 6.07) is 6.15. The number of sulfonamides is 1. The second-order valence-electron chi connectivity index (χ2n) is 6.71. The number of halogens is 1. The molecule has 6 nitrogen and oxygen atoms in total. The van der Waals surface area contributed by atoms with E-state index >= 15 is 0 Å². The normalized spacial score (nSPS) is 22.8. The lowest BCUT2D eigenvalue weighted by atomic mass is 9.92. The van der Waals surface area contributed by atoms with Crippen molar-refractivity contribution in [1.82, 2.24) is 14.9 Å². The van der Waals surface area contributed by atoms with Crippen LogP contribution >= 0.6 is 12.4 Å². The monoisotopic (exact) mass is 399 g/mol. The van der Waals surface area contributed by atoms with E-state index in [-0.39, 0.29) is 29.8 Å². The van der Waals surface area contributed by atoms with Crippen molar-refractivity contribution in [1.29, 1.82) is 0 Å². The quantitative estimate of drug-likeness (QED) is 0.738. The van der Waals surface area contributed by atoms with Crippen molar-refractivity contribution in [2.24, 2.45) is 11.8 Å². The topological polar surface area (TPSA) is 78.5 Å². The number of fused-ring (bicyclic) bond motifs is 1. The molecule has 0 saturated carbocycles. The number of hydrogen-bond donors (Lipinski definition) is 2. The van der Waals surface area contributed by atoms with Crippen LogP contribution in [0.25, 0.3) is 0 Å². The van der Waals surface area contributed by atoms with Crippen molar-refractivity contribution in [2.75, 3.05) is 32.7 Å². The average molecular weight is 400 g/mol. The Labute approximate surface area is 161 Å². The lowest BCUT2D eigenvalue weighted by Gasteiger charge is -2.21. The van der Waals surface area contributed by atoms with Crippen LogP contribution in [0.3, 0.4) is 0 Å². The van der Waals surface area contributed by atoms with E-state index in [9.17, 15) is 13.2 Å². The third-order valence-corrected chi connectivity index (χ3v) is 6.58. The first-order valence-corrected chi connectivity index (χ1v) is 10.2. The van der Waals surface area contributed by atoms with Crippen LogP contribution in [0.1, 0.15) is 23.2 Å². The molecule has 0 unspecified atom stereocenters. The molecule has 1 aromatic carbocycles. The summed E-state index contributed by atoms with van der Waals surface area (Å²) in [6.07, 6.45) is 3.54. The number of likely N-dealkylation sites (tertiary alicyclic amines) is 1. The minimum Gasteiger partial charge on any atom is -0.339 e. The second-order valence-corrected chi connectivity index (χ2v) is 8.48. The predicted molar refractivity (Wildman–Crippen MR) is 104 cm³/mol. The molecule has 3 rings (SSSR count). The SMILES string of the molecule is C=CCNS(=O)(=O)c1ccc(C(=O)N2CC[C@@H]3CNC[C@@H]3CC2)cc1.Cl. The zero-order valence-electron chi connectivity index (χ0n) is 14.7. The molecule has 144 valence electrons. The zero-order chi connectivity index (χ0) is 17.9. The van der Waals surface area contributed by atoms with Gasteiger partial charge in [0, 0.05) is 25.2 Å². The fourth-order valence-electron chi connectivity index (χ4n) is 3.63. The van der Waals surface area contributed by atoms with Crippen molar-refractivity contribution < 1.29 is 13.2 Å². The molecule has 2 heterocycles. The maximum absolute atomic E-state index is 12.7. The molecule has 0 bridgehead atoms. The van der Waals surface area contributed by atoms with E-state index in [1.807, 2.05) is 4.90 Å². The molecular formula is C18H26ClN3O3S. The van der Waals surface area contributed by atoms with Gasteiger partial charge in [-0.2, -0.15) is 0 Å². The molecule has 2 saturated heterocycles. The number of hydrogen-bond acceptors (Lipinski definition) is 4. The molecular weight excluding hydrogens is 374 g/mol. The number of benzene rings is 1. The molecule has 2 N–H and O–H groups in total. The van der Waals surface area contributed by atoms with Crippen LogP contribution in [0, 0.1) is 11.8 Å². The smallest absolute Gasteiger partial charge is 0.253 e. The first-order valence-electron chi connectivity index (χ1n) is 8.72. The highest BCUT2D eigenvalue weighted by Gasteiger charge is 2.31. The standard InChI is InChI=1S/C18H25N3O3S.ClH/c1-2-9-20-25(23,24)17-5-3-14(4-6-17)18(22)21-10-7-15-12-19-13-16(15)8-11-21;/h2-6,15-16,19-20H,1,7-13H2;1H/t15-,16+;. The molecule has 2 fully saturated rings. The van der Waals surface area contributed by atoms with E-state index < -0.39 is 10.0 Å². The van der Waals surface area contributed by atoms with Gasteiger partial charge < -0.3 is 10.2 Å². The molecule has 2 atom stereocenters. The number of carbonyl (C=O) groups is 1. The largest absolute Gasteiger partial charge is 0.339 e. The van der Waals surface area contributed by atoms with Gasteiger partial charge in [0.05, 0.1) is 4.90 Å². The Hall–Kier alpha value is -1.41. The summed E-state index contributed by atoms with van der Waals surface area (Å²) in [6.45, 7) is 7.31. The number of nitrogens with one attached hydrogen (secondary N) is 2. The Balaban J connectivity index is 0.00000243. The molecule has 2 aliphatic heterocycles. The van der Waals surface area contributed by atoms with Crippen LogP contribution < -0.4 is 10.0 Å². The van der Waals surface area contributed by atoms with Gasteiger partial charge in [0.25, 0.3) is 5.91 Å². The highest BCUT2D eigenvalue weighted by molar-refractivity contribution is 7.89. The van der Waals surface area contributed by atoms with Gasteiger partial charge in [-0.1, -0.05) is 6.08 Å². The van der Waals surface area contributed by atoms with Crippen molar-refractivity contribution in [3.8, 4) is 0 Å². The van der Waals surface area contributed by atoms with Gasteiger partial charge in [0.1, 0.15) is 0 Å².